The fraction of sp³-hybridized carbons (Fsp3) is 0.333. The van der Waals surface area contributed by atoms with E-state index in [1.165, 1.54) is 31.2 Å². The van der Waals surface area contributed by atoms with Gasteiger partial charge >= 0.3 is 5.97 Å². The van der Waals surface area contributed by atoms with Gasteiger partial charge in [0.05, 0.1) is 6.04 Å². The van der Waals surface area contributed by atoms with E-state index in [1.54, 1.807) is 0 Å². The van der Waals surface area contributed by atoms with Crippen LogP contribution in [0, 0.1) is 0 Å². The molecule has 2 heterocycles. The van der Waals surface area contributed by atoms with Crippen molar-refractivity contribution < 1.29 is 29.4 Å². The minimum Gasteiger partial charge on any atom is -0.508 e. The van der Waals surface area contributed by atoms with Gasteiger partial charge in [0.15, 0.2) is 0 Å². The van der Waals surface area contributed by atoms with Crippen molar-refractivity contribution in [3.63, 3.8) is 0 Å². The fourth-order valence-corrected chi connectivity index (χ4v) is 3.06. The SMILES string of the molecule is CC(=O)N1CC2[C@H](NC(=O)c3ccc(O)cc3)C(=O)N2C1C(=O)O. The van der Waals surface area contributed by atoms with Gasteiger partial charge in [-0.05, 0) is 24.3 Å². The molecule has 2 unspecified atom stereocenters. The second-order valence-corrected chi connectivity index (χ2v) is 5.69. The van der Waals surface area contributed by atoms with Gasteiger partial charge in [0, 0.05) is 19.0 Å². The molecule has 2 fully saturated rings. The highest BCUT2D eigenvalue weighted by atomic mass is 16.4. The lowest BCUT2D eigenvalue weighted by molar-refractivity contribution is -0.164. The highest BCUT2D eigenvalue weighted by Gasteiger charge is 2.60. The number of hydrogen-bond acceptors (Lipinski definition) is 5. The molecule has 0 aromatic heterocycles. The molecule has 24 heavy (non-hydrogen) atoms. The molecule has 3 atom stereocenters. The summed E-state index contributed by atoms with van der Waals surface area (Å²) in [5.74, 6) is -2.78. The number of aliphatic carboxylic acids is 1. The number of carboxylic acids is 1. The number of nitrogens with zero attached hydrogens (tertiary/aromatic N) is 2. The van der Waals surface area contributed by atoms with Gasteiger partial charge in [0.25, 0.3) is 5.91 Å². The van der Waals surface area contributed by atoms with Crippen molar-refractivity contribution in [2.45, 2.75) is 25.2 Å². The molecule has 9 nitrogen and oxygen atoms in total. The van der Waals surface area contributed by atoms with Gasteiger partial charge in [-0.25, -0.2) is 4.79 Å². The largest absolute Gasteiger partial charge is 0.508 e. The van der Waals surface area contributed by atoms with Crippen LogP contribution in [0.5, 0.6) is 5.75 Å². The van der Waals surface area contributed by atoms with Crippen molar-refractivity contribution >= 4 is 23.7 Å². The predicted molar refractivity (Wildman–Crippen MR) is 78.8 cm³/mol. The Balaban J connectivity index is 1.75. The number of amides is 3. The lowest BCUT2D eigenvalue weighted by atomic mass is 9.96. The Morgan fingerprint density at radius 1 is 1.21 bits per heavy atom. The monoisotopic (exact) mass is 333 g/mol. The first-order valence-electron chi connectivity index (χ1n) is 7.23. The van der Waals surface area contributed by atoms with Crippen molar-refractivity contribution in [1.29, 1.82) is 0 Å². The highest BCUT2D eigenvalue weighted by molar-refractivity contribution is 6.02. The van der Waals surface area contributed by atoms with Crippen molar-refractivity contribution in [2.24, 2.45) is 0 Å². The number of carboxylic acid groups (broad SMARTS) is 1. The molecule has 0 aliphatic carbocycles. The number of carbonyl (C=O) groups is 4. The van der Waals surface area contributed by atoms with E-state index in [4.69, 9.17) is 0 Å². The number of benzene rings is 1. The molecule has 3 amide bonds. The number of hydrogen-bond donors (Lipinski definition) is 3. The molecule has 9 heteroatoms. The van der Waals surface area contributed by atoms with E-state index in [0.717, 1.165) is 9.80 Å². The summed E-state index contributed by atoms with van der Waals surface area (Å²) in [6, 6.07) is 4.06. The number of nitrogens with one attached hydrogen (secondary N) is 1. The molecule has 2 aliphatic rings. The van der Waals surface area contributed by atoms with Gasteiger partial charge in [-0.2, -0.15) is 0 Å². The number of rotatable bonds is 3. The quantitative estimate of drug-likeness (QED) is 0.607. The zero-order valence-electron chi connectivity index (χ0n) is 12.7. The Morgan fingerprint density at radius 2 is 1.83 bits per heavy atom. The summed E-state index contributed by atoms with van der Waals surface area (Å²) in [5.41, 5.74) is 0.259. The van der Waals surface area contributed by atoms with Crippen molar-refractivity contribution in [3.8, 4) is 5.75 Å². The predicted octanol–water partition coefficient (Wildman–Crippen LogP) is -1.03. The minimum atomic E-state index is -1.33. The molecule has 0 radical (unpaired) electrons. The molecule has 126 valence electrons. The summed E-state index contributed by atoms with van der Waals surface area (Å²) in [4.78, 5) is 49.5. The summed E-state index contributed by atoms with van der Waals surface area (Å²) < 4.78 is 0. The summed E-state index contributed by atoms with van der Waals surface area (Å²) >= 11 is 0. The van der Waals surface area contributed by atoms with E-state index in [2.05, 4.69) is 5.32 Å². The van der Waals surface area contributed by atoms with Crippen molar-refractivity contribution in [3.05, 3.63) is 29.8 Å². The second kappa shape index (κ2) is 5.52. The Hall–Kier alpha value is -3.10. The maximum absolute atomic E-state index is 12.2. The molecule has 3 N–H and O–H groups in total. The highest BCUT2D eigenvalue weighted by Crippen LogP contribution is 2.32. The Kier molecular flexibility index (Phi) is 3.63. The first-order chi connectivity index (χ1) is 11.3. The van der Waals surface area contributed by atoms with Gasteiger partial charge in [0.1, 0.15) is 11.8 Å². The molecule has 2 saturated heterocycles. The molecular formula is C15H15N3O6. The third-order valence-electron chi connectivity index (χ3n) is 4.25. The van der Waals surface area contributed by atoms with Crippen LogP contribution < -0.4 is 5.32 Å². The Labute approximate surface area is 136 Å². The first kappa shape index (κ1) is 15.8. The lowest BCUT2D eigenvalue weighted by Gasteiger charge is -2.43. The minimum absolute atomic E-state index is 0.00892. The second-order valence-electron chi connectivity index (χ2n) is 5.69. The summed E-state index contributed by atoms with van der Waals surface area (Å²) in [7, 11) is 0. The summed E-state index contributed by atoms with van der Waals surface area (Å²) in [6.07, 6.45) is -1.33. The normalized spacial score (nSPS) is 25.0. The van der Waals surface area contributed by atoms with Crippen LogP contribution in [0.1, 0.15) is 17.3 Å². The zero-order valence-corrected chi connectivity index (χ0v) is 12.7. The van der Waals surface area contributed by atoms with E-state index >= 15 is 0 Å². The van der Waals surface area contributed by atoms with E-state index in [1.807, 2.05) is 0 Å². The van der Waals surface area contributed by atoms with Gasteiger partial charge in [0.2, 0.25) is 18.0 Å². The first-order valence-corrected chi connectivity index (χ1v) is 7.23. The standard InChI is InChI=1S/C15H15N3O6/c1-7(19)17-6-10-11(14(22)18(10)13(17)15(23)24)16-12(21)8-2-4-9(20)5-3-8/h2-5,10-11,13,20H,6H2,1H3,(H,16,21)(H,23,24)/t10?,11-,13?/m0/s1. The molecular weight excluding hydrogens is 318 g/mol. The van der Waals surface area contributed by atoms with Crippen LogP contribution in [0.25, 0.3) is 0 Å². The van der Waals surface area contributed by atoms with Gasteiger partial charge in [-0.3, -0.25) is 14.4 Å². The summed E-state index contributed by atoms with van der Waals surface area (Å²) in [5, 5.41) is 21.0. The Morgan fingerprint density at radius 3 is 2.38 bits per heavy atom. The van der Waals surface area contributed by atoms with Crippen LogP contribution in [0.4, 0.5) is 0 Å². The molecule has 0 bridgehead atoms. The Bertz CT molecular complexity index is 731. The van der Waals surface area contributed by atoms with Gasteiger partial charge in [-0.15, -0.1) is 0 Å². The molecule has 2 aliphatic heterocycles. The third-order valence-corrected chi connectivity index (χ3v) is 4.25. The topological polar surface area (TPSA) is 127 Å². The number of aromatic hydroxyl groups is 1. The maximum atomic E-state index is 12.2. The van der Waals surface area contributed by atoms with Crippen LogP contribution in [0.15, 0.2) is 24.3 Å². The molecule has 0 saturated carbocycles. The van der Waals surface area contributed by atoms with Crippen LogP contribution >= 0.6 is 0 Å². The molecule has 1 aromatic rings. The number of fused-ring (bicyclic) bond motifs is 1. The average Bonchev–Trinajstić information content (AvgIpc) is 2.89. The maximum Gasteiger partial charge on any atom is 0.347 e. The molecule has 0 spiro atoms. The lowest BCUT2D eigenvalue weighted by Crippen LogP contribution is -2.71. The zero-order chi connectivity index (χ0) is 17.6. The number of phenolic OH excluding ortho intramolecular Hbond substituents is 1. The number of phenols is 1. The summed E-state index contributed by atoms with van der Waals surface area (Å²) in [6.45, 7) is 1.29. The number of carbonyl (C=O) groups excluding carboxylic acids is 3. The molecule has 1 aromatic carbocycles. The van der Waals surface area contributed by atoms with E-state index in [9.17, 15) is 29.4 Å². The van der Waals surface area contributed by atoms with Gasteiger partial charge < -0.3 is 25.3 Å². The van der Waals surface area contributed by atoms with Crippen molar-refractivity contribution in [2.75, 3.05) is 6.54 Å². The number of β-lactam (4-membered cyclic amide) rings is 1. The van der Waals surface area contributed by atoms with E-state index in [-0.39, 0.29) is 17.9 Å². The van der Waals surface area contributed by atoms with E-state index < -0.39 is 41.9 Å². The van der Waals surface area contributed by atoms with Crippen LogP contribution in [-0.2, 0) is 14.4 Å². The van der Waals surface area contributed by atoms with Crippen LogP contribution in [0.3, 0.4) is 0 Å². The van der Waals surface area contributed by atoms with Crippen molar-refractivity contribution in [1.82, 2.24) is 15.1 Å². The fourth-order valence-electron chi connectivity index (χ4n) is 3.06. The van der Waals surface area contributed by atoms with Crippen LogP contribution in [0.2, 0.25) is 0 Å². The third kappa shape index (κ3) is 2.34. The van der Waals surface area contributed by atoms with E-state index in [0.29, 0.717) is 0 Å². The van der Waals surface area contributed by atoms with Gasteiger partial charge in [-0.1, -0.05) is 0 Å². The van der Waals surface area contributed by atoms with Crippen LogP contribution in [-0.4, -0.2) is 68.5 Å². The smallest absolute Gasteiger partial charge is 0.347 e. The average molecular weight is 333 g/mol. The molecule has 3 rings (SSSR count).